The number of carbonyl (C=O) groups is 1. The van der Waals surface area contributed by atoms with Crippen LogP contribution in [-0.2, 0) is 6.42 Å². The van der Waals surface area contributed by atoms with E-state index in [1.807, 2.05) is 43.3 Å². The number of fused-ring (bicyclic) bond motifs is 5. The molecule has 0 fully saturated rings. The number of nitrogens with zero attached hydrogens (tertiary/aromatic N) is 2. The first-order valence-electron chi connectivity index (χ1n) is 8.21. The number of phenolic OH excluding ortho intramolecular Hbond substituents is 1. The van der Waals surface area contributed by atoms with Crippen molar-refractivity contribution in [3.05, 3.63) is 53.2 Å². The van der Waals surface area contributed by atoms with Crippen LogP contribution in [0.3, 0.4) is 0 Å². The van der Waals surface area contributed by atoms with Crippen molar-refractivity contribution in [1.29, 1.82) is 0 Å². The summed E-state index contributed by atoms with van der Waals surface area (Å²) in [6.07, 6.45) is 2.21. The Morgan fingerprint density at radius 2 is 1.88 bits per heavy atom. The molecule has 1 aliphatic rings. The van der Waals surface area contributed by atoms with Gasteiger partial charge in [0.1, 0.15) is 5.75 Å². The van der Waals surface area contributed by atoms with E-state index in [2.05, 4.69) is 4.98 Å². The highest BCUT2D eigenvalue weighted by molar-refractivity contribution is 6.26. The number of carbonyl (C=O) groups excluding carboxylic acids is 1. The number of phenols is 1. The molecule has 0 amide bonds. The Labute approximate surface area is 145 Å². The van der Waals surface area contributed by atoms with Gasteiger partial charge in [-0.25, -0.2) is 0 Å². The van der Waals surface area contributed by atoms with Crippen LogP contribution in [-0.4, -0.2) is 41.4 Å². The van der Waals surface area contributed by atoms with Gasteiger partial charge in [-0.1, -0.05) is 24.3 Å². The minimum atomic E-state index is -0.0256. The van der Waals surface area contributed by atoms with Gasteiger partial charge in [-0.2, -0.15) is 0 Å². The smallest absolute Gasteiger partial charge is 0.195 e. The molecule has 0 unspecified atom stereocenters. The maximum absolute atomic E-state index is 12.7. The molecule has 126 valence electrons. The molecule has 0 saturated carbocycles. The van der Waals surface area contributed by atoms with E-state index in [0.29, 0.717) is 34.3 Å². The maximum Gasteiger partial charge on any atom is 0.195 e. The van der Waals surface area contributed by atoms with Crippen LogP contribution in [0.5, 0.6) is 5.75 Å². The lowest BCUT2D eigenvalue weighted by atomic mass is 9.96. The normalized spacial score (nSPS) is 12.7. The van der Waals surface area contributed by atoms with Gasteiger partial charge in [0.25, 0.3) is 0 Å². The first kappa shape index (κ1) is 15.6. The number of aromatic hydroxyl groups is 1. The molecule has 0 spiro atoms. The van der Waals surface area contributed by atoms with E-state index >= 15 is 0 Å². The zero-order valence-corrected chi connectivity index (χ0v) is 14.2. The van der Waals surface area contributed by atoms with Crippen LogP contribution in [0.4, 0.5) is 5.69 Å². The SMILES string of the molecule is CN(C)CCc1c(O)cc2ncc3c(c2c1N)-c1ccccc1C3=O. The molecule has 4 rings (SSSR count). The molecular weight excluding hydrogens is 314 g/mol. The molecule has 5 nitrogen and oxygen atoms in total. The molecule has 0 bridgehead atoms. The molecule has 25 heavy (non-hydrogen) atoms. The van der Waals surface area contributed by atoms with Crippen LogP contribution in [0.2, 0.25) is 0 Å². The monoisotopic (exact) mass is 333 g/mol. The van der Waals surface area contributed by atoms with Crippen LogP contribution < -0.4 is 5.73 Å². The minimum absolute atomic E-state index is 0.0256. The van der Waals surface area contributed by atoms with Gasteiger partial charge in [0.05, 0.1) is 5.52 Å². The molecule has 2 aromatic carbocycles. The lowest BCUT2D eigenvalue weighted by Gasteiger charge is -2.16. The fourth-order valence-electron chi connectivity index (χ4n) is 3.51. The van der Waals surface area contributed by atoms with Gasteiger partial charge < -0.3 is 15.7 Å². The van der Waals surface area contributed by atoms with E-state index in [9.17, 15) is 9.90 Å². The number of likely N-dealkylation sites (N-methyl/N-ethyl adjacent to an activating group) is 1. The minimum Gasteiger partial charge on any atom is -0.508 e. The Hall–Kier alpha value is -2.92. The van der Waals surface area contributed by atoms with Crippen molar-refractivity contribution < 1.29 is 9.90 Å². The van der Waals surface area contributed by atoms with Gasteiger partial charge >= 0.3 is 0 Å². The fourth-order valence-corrected chi connectivity index (χ4v) is 3.51. The number of nitrogens with two attached hydrogens (primary N) is 1. The standard InChI is InChI=1S/C20H19N3O2/c1-23(2)8-7-13-16(24)9-15-18(19(13)21)17-11-5-3-4-6-12(11)20(25)14(17)10-22-15/h3-6,9-10,24H,7-8,21H2,1-2H3. The Morgan fingerprint density at radius 3 is 2.60 bits per heavy atom. The number of hydrogen-bond acceptors (Lipinski definition) is 5. The molecule has 1 heterocycles. The molecule has 0 saturated heterocycles. The highest BCUT2D eigenvalue weighted by atomic mass is 16.3. The largest absolute Gasteiger partial charge is 0.508 e. The predicted octanol–water partition coefficient (Wildman–Crippen LogP) is 2.84. The second-order valence-electron chi connectivity index (χ2n) is 6.66. The summed E-state index contributed by atoms with van der Waals surface area (Å²) >= 11 is 0. The van der Waals surface area contributed by atoms with Crippen LogP contribution in [0, 0.1) is 0 Å². The van der Waals surface area contributed by atoms with Gasteiger partial charge in [0, 0.05) is 52.1 Å². The van der Waals surface area contributed by atoms with E-state index < -0.39 is 0 Å². The van der Waals surface area contributed by atoms with Crippen molar-refractivity contribution >= 4 is 22.4 Å². The van der Waals surface area contributed by atoms with Crippen LogP contribution in [0.1, 0.15) is 21.5 Å². The third-order valence-electron chi connectivity index (χ3n) is 4.78. The number of nitrogen functional groups attached to an aromatic ring is 1. The van der Waals surface area contributed by atoms with E-state index in [0.717, 1.165) is 23.1 Å². The zero-order valence-electron chi connectivity index (χ0n) is 14.2. The van der Waals surface area contributed by atoms with E-state index in [1.54, 1.807) is 12.3 Å². The maximum atomic E-state index is 12.7. The first-order valence-corrected chi connectivity index (χ1v) is 8.21. The van der Waals surface area contributed by atoms with Crippen LogP contribution in [0.15, 0.2) is 36.5 Å². The molecule has 0 aliphatic heterocycles. The molecule has 1 aromatic heterocycles. The number of pyridine rings is 1. The van der Waals surface area contributed by atoms with Gasteiger partial charge in [-0.15, -0.1) is 0 Å². The van der Waals surface area contributed by atoms with Gasteiger partial charge in [-0.3, -0.25) is 9.78 Å². The second kappa shape index (κ2) is 5.57. The number of benzene rings is 2. The number of anilines is 1. The Bertz CT molecular complexity index is 1030. The van der Waals surface area contributed by atoms with Gasteiger partial charge in [-0.05, 0) is 26.1 Å². The Kier molecular flexibility index (Phi) is 3.47. The summed E-state index contributed by atoms with van der Waals surface area (Å²) in [6.45, 7) is 0.765. The topological polar surface area (TPSA) is 79.4 Å². The number of ketones is 1. The van der Waals surface area contributed by atoms with Crippen molar-refractivity contribution in [2.75, 3.05) is 26.4 Å². The molecule has 3 aromatic rings. The van der Waals surface area contributed by atoms with Crippen LogP contribution in [0.25, 0.3) is 22.0 Å². The lowest BCUT2D eigenvalue weighted by molar-refractivity contribution is 0.104. The first-order chi connectivity index (χ1) is 12.0. The number of aromatic nitrogens is 1. The van der Waals surface area contributed by atoms with Crippen LogP contribution >= 0.6 is 0 Å². The van der Waals surface area contributed by atoms with Crippen molar-refractivity contribution in [3.8, 4) is 16.9 Å². The van der Waals surface area contributed by atoms with E-state index in [-0.39, 0.29) is 11.5 Å². The average Bonchev–Trinajstić information content (AvgIpc) is 2.87. The van der Waals surface area contributed by atoms with Gasteiger partial charge in [0.15, 0.2) is 5.78 Å². The summed E-state index contributed by atoms with van der Waals surface area (Å²) in [5.41, 5.74) is 11.2. The Morgan fingerprint density at radius 1 is 1.16 bits per heavy atom. The van der Waals surface area contributed by atoms with Crippen molar-refractivity contribution in [1.82, 2.24) is 9.88 Å². The summed E-state index contributed by atoms with van der Waals surface area (Å²) in [5, 5.41) is 11.1. The van der Waals surface area contributed by atoms with E-state index in [4.69, 9.17) is 5.73 Å². The molecule has 1 aliphatic carbocycles. The van der Waals surface area contributed by atoms with Crippen molar-refractivity contribution in [3.63, 3.8) is 0 Å². The Balaban J connectivity index is 2.03. The summed E-state index contributed by atoms with van der Waals surface area (Å²) < 4.78 is 0. The number of hydrogen-bond donors (Lipinski definition) is 2. The predicted molar refractivity (Wildman–Crippen MR) is 98.9 cm³/mol. The lowest BCUT2D eigenvalue weighted by Crippen LogP contribution is -2.16. The zero-order chi connectivity index (χ0) is 17.7. The quantitative estimate of drug-likeness (QED) is 0.564. The van der Waals surface area contributed by atoms with Crippen molar-refractivity contribution in [2.45, 2.75) is 6.42 Å². The molecular formula is C20H19N3O2. The highest BCUT2D eigenvalue weighted by Crippen LogP contribution is 2.44. The number of rotatable bonds is 3. The third-order valence-corrected chi connectivity index (χ3v) is 4.78. The summed E-state index contributed by atoms with van der Waals surface area (Å²) in [7, 11) is 3.95. The van der Waals surface area contributed by atoms with E-state index in [1.165, 1.54) is 0 Å². The molecule has 0 radical (unpaired) electrons. The molecule has 5 heteroatoms. The summed E-state index contributed by atoms with van der Waals surface area (Å²) in [4.78, 5) is 19.1. The van der Waals surface area contributed by atoms with Crippen molar-refractivity contribution in [2.24, 2.45) is 0 Å². The summed E-state index contributed by atoms with van der Waals surface area (Å²) in [6, 6.07) is 9.17. The summed E-state index contributed by atoms with van der Waals surface area (Å²) in [5.74, 6) is 0.124. The molecule has 3 N–H and O–H groups in total. The second-order valence-corrected chi connectivity index (χ2v) is 6.66. The third kappa shape index (κ3) is 2.27. The highest BCUT2D eigenvalue weighted by Gasteiger charge is 2.30. The fraction of sp³-hybridized carbons (Fsp3) is 0.200. The van der Waals surface area contributed by atoms with Gasteiger partial charge in [0.2, 0.25) is 0 Å². The average molecular weight is 333 g/mol. The molecule has 0 atom stereocenters.